The van der Waals surface area contributed by atoms with Crippen LogP contribution in [-0.2, 0) is 4.74 Å². The Labute approximate surface area is 129 Å². The van der Waals surface area contributed by atoms with Gasteiger partial charge in [-0.2, -0.15) is 0 Å². The fourth-order valence-corrected chi connectivity index (χ4v) is 3.14. The third-order valence-electron chi connectivity index (χ3n) is 4.21. The molecule has 1 fully saturated rings. The van der Waals surface area contributed by atoms with E-state index in [0.717, 1.165) is 38.8 Å². The van der Waals surface area contributed by atoms with Crippen molar-refractivity contribution in [3.63, 3.8) is 0 Å². The highest BCUT2D eigenvalue weighted by molar-refractivity contribution is 5.20. The van der Waals surface area contributed by atoms with E-state index in [1.807, 2.05) is 0 Å². The minimum Gasteiger partial charge on any atom is -0.380 e. The first-order chi connectivity index (χ1) is 10.2. The number of ether oxygens (including phenoxy) is 1. The third-order valence-corrected chi connectivity index (χ3v) is 4.21. The van der Waals surface area contributed by atoms with Crippen LogP contribution in [0.15, 0.2) is 30.3 Å². The summed E-state index contributed by atoms with van der Waals surface area (Å²) >= 11 is 0. The van der Waals surface area contributed by atoms with Gasteiger partial charge in [0.2, 0.25) is 0 Å². The van der Waals surface area contributed by atoms with E-state index in [0.29, 0.717) is 12.1 Å². The second-order valence-electron chi connectivity index (χ2n) is 6.35. The molecule has 0 aromatic heterocycles. The van der Waals surface area contributed by atoms with Crippen LogP contribution >= 0.6 is 0 Å². The van der Waals surface area contributed by atoms with Crippen molar-refractivity contribution in [2.24, 2.45) is 5.92 Å². The van der Waals surface area contributed by atoms with Crippen molar-refractivity contribution in [1.82, 2.24) is 10.2 Å². The SMILES string of the molecule is CCOCCN1CC(c2ccccc2)NCC1CC(C)C. The van der Waals surface area contributed by atoms with Crippen LogP contribution < -0.4 is 5.32 Å². The topological polar surface area (TPSA) is 24.5 Å². The smallest absolute Gasteiger partial charge is 0.0593 e. The molecule has 1 aliphatic rings. The van der Waals surface area contributed by atoms with E-state index in [4.69, 9.17) is 4.74 Å². The van der Waals surface area contributed by atoms with E-state index in [1.54, 1.807) is 0 Å². The fraction of sp³-hybridized carbons (Fsp3) is 0.667. The van der Waals surface area contributed by atoms with Gasteiger partial charge < -0.3 is 10.1 Å². The van der Waals surface area contributed by atoms with Gasteiger partial charge in [-0.1, -0.05) is 44.2 Å². The van der Waals surface area contributed by atoms with Crippen LogP contribution in [0.25, 0.3) is 0 Å². The summed E-state index contributed by atoms with van der Waals surface area (Å²) in [6.07, 6.45) is 1.25. The molecule has 0 saturated carbocycles. The lowest BCUT2D eigenvalue weighted by Gasteiger charge is -2.41. The van der Waals surface area contributed by atoms with E-state index in [-0.39, 0.29) is 0 Å². The normalized spacial score (nSPS) is 23.6. The molecule has 2 atom stereocenters. The number of benzene rings is 1. The zero-order valence-electron chi connectivity index (χ0n) is 13.7. The molecular formula is C18H30N2O. The molecule has 1 saturated heterocycles. The average Bonchev–Trinajstić information content (AvgIpc) is 2.49. The second kappa shape index (κ2) is 8.52. The lowest BCUT2D eigenvalue weighted by molar-refractivity contribution is 0.0628. The first-order valence-electron chi connectivity index (χ1n) is 8.30. The van der Waals surface area contributed by atoms with Crippen LogP contribution in [0.5, 0.6) is 0 Å². The van der Waals surface area contributed by atoms with Crippen LogP contribution in [0, 0.1) is 5.92 Å². The summed E-state index contributed by atoms with van der Waals surface area (Å²) in [5.74, 6) is 0.736. The molecule has 1 N–H and O–H groups in total. The molecule has 1 aliphatic heterocycles. The van der Waals surface area contributed by atoms with Gasteiger partial charge in [0.05, 0.1) is 6.61 Å². The standard InChI is InChI=1S/C18H30N2O/c1-4-21-11-10-20-14-18(16-8-6-5-7-9-16)19-13-17(20)12-15(2)3/h5-9,15,17-19H,4,10-14H2,1-3H3. The van der Waals surface area contributed by atoms with Crippen molar-refractivity contribution >= 4 is 0 Å². The van der Waals surface area contributed by atoms with E-state index in [9.17, 15) is 0 Å². The summed E-state index contributed by atoms with van der Waals surface area (Å²) in [5, 5.41) is 3.73. The molecule has 21 heavy (non-hydrogen) atoms. The van der Waals surface area contributed by atoms with Gasteiger partial charge in [0.15, 0.2) is 0 Å². The number of nitrogens with one attached hydrogen (secondary N) is 1. The first kappa shape index (κ1) is 16.5. The summed E-state index contributed by atoms with van der Waals surface area (Å²) in [6.45, 7) is 11.5. The summed E-state index contributed by atoms with van der Waals surface area (Å²) in [6, 6.07) is 11.9. The molecule has 1 aromatic rings. The van der Waals surface area contributed by atoms with E-state index >= 15 is 0 Å². The largest absolute Gasteiger partial charge is 0.380 e. The number of hydrogen-bond acceptors (Lipinski definition) is 3. The number of hydrogen-bond donors (Lipinski definition) is 1. The van der Waals surface area contributed by atoms with Crippen LogP contribution in [0.3, 0.4) is 0 Å². The van der Waals surface area contributed by atoms with Gasteiger partial charge in [-0.05, 0) is 24.8 Å². The zero-order valence-corrected chi connectivity index (χ0v) is 13.7. The minimum absolute atomic E-state index is 0.441. The molecule has 0 aliphatic carbocycles. The van der Waals surface area contributed by atoms with Gasteiger partial charge in [-0.15, -0.1) is 0 Å². The second-order valence-corrected chi connectivity index (χ2v) is 6.35. The Balaban J connectivity index is 1.98. The van der Waals surface area contributed by atoms with Gasteiger partial charge >= 0.3 is 0 Å². The molecule has 2 rings (SSSR count). The van der Waals surface area contributed by atoms with Crippen molar-refractivity contribution in [1.29, 1.82) is 0 Å². The van der Waals surface area contributed by atoms with Gasteiger partial charge in [0.25, 0.3) is 0 Å². The molecule has 3 heteroatoms. The molecule has 0 spiro atoms. The highest BCUT2D eigenvalue weighted by Crippen LogP contribution is 2.22. The van der Waals surface area contributed by atoms with E-state index < -0.39 is 0 Å². The van der Waals surface area contributed by atoms with Crippen LogP contribution in [0.4, 0.5) is 0 Å². The predicted octanol–water partition coefficient (Wildman–Crippen LogP) is 3.08. The molecule has 0 bridgehead atoms. The molecule has 118 valence electrons. The Kier molecular flexibility index (Phi) is 6.68. The van der Waals surface area contributed by atoms with Crippen molar-refractivity contribution in [2.75, 3.05) is 32.8 Å². The Morgan fingerprint density at radius 1 is 1.29 bits per heavy atom. The molecule has 0 amide bonds. The maximum atomic E-state index is 5.57. The predicted molar refractivity (Wildman–Crippen MR) is 88.5 cm³/mol. The van der Waals surface area contributed by atoms with Crippen molar-refractivity contribution < 1.29 is 4.74 Å². The molecule has 1 heterocycles. The number of nitrogens with zero attached hydrogens (tertiary/aromatic N) is 1. The van der Waals surface area contributed by atoms with E-state index in [2.05, 4.69) is 61.3 Å². The van der Waals surface area contributed by atoms with Crippen LogP contribution in [0.2, 0.25) is 0 Å². The Bertz CT molecular complexity index is 393. The van der Waals surface area contributed by atoms with Crippen LogP contribution in [0.1, 0.15) is 38.8 Å². The van der Waals surface area contributed by atoms with Gasteiger partial charge in [-0.3, -0.25) is 4.90 Å². The maximum Gasteiger partial charge on any atom is 0.0593 e. The van der Waals surface area contributed by atoms with Crippen molar-refractivity contribution in [3.8, 4) is 0 Å². The molecule has 2 unspecified atom stereocenters. The number of rotatable bonds is 7. The summed E-state index contributed by atoms with van der Waals surface area (Å²) < 4.78 is 5.57. The Morgan fingerprint density at radius 2 is 2.05 bits per heavy atom. The zero-order chi connectivity index (χ0) is 15.1. The van der Waals surface area contributed by atoms with Gasteiger partial charge in [0.1, 0.15) is 0 Å². The lowest BCUT2D eigenvalue weighted by atomic mass is 9.96. The Morgan fingerprint density at radius 3 is 2.71 bits per heavy atom. The quantitative estimate of drug-likeness (QED) is 0.781. The first-order valence-corrected chi connectivity index (χ1v) is 8.30. The monoisotopic (exact) mass is 290 g/mol. The van der Waals surface area contributed by atoms with Gasteiger partial charge in [0, 0.05) is 38.3 Å². The highest BCUT2D eigenvalue weighted by atomic mass is 16.5. The lowest BCUT2D eigenvalue weighted by Crippen LogP contribution is -2.53. The third kappa shape index (κ3) is 5.10. The average molecular weight is 290 g/mol. The number of piperazine rings is 1. The fourth-order valence-electron chi connectivity index (χ4n) is 3.14. The van der Waals surface area contributed by atoms with E-state index in [1.165, 1.54) is 12.0 Å². The summed E-state index contributed by atoms with van der Waals surface area (Å²) in [5.41, 5.74) is 1.39. The molecule has 0 radical (unpaired) electrons. The maximum absolute atomic E-state index is 5.57. The molecular weight excluding hydrogens is 260 g/mol. The molecule has 3 nitrogen and oxygen atoms in total. The minimum atomic E-state index is 0.441. The Hall–Kier alpha value is -0.900. The molecule has 1 aromatic carbocycles. The van der Waals surface area contributed by atoms with Crippen LogP contribution in [-0.4, -0.2) is 43.8 Å². The van der Waals surface area contributed by atoms with Crippen molar-refractivity contribution in [2.45, 2.75) is 39.3 Å². The highest BCUT2D eigenvalue weighted by Gasteiger charge is 2.28. The van der Waals surface area contributed by atoms with Crippen molar-refractivity contribution in [3.05, 3.63) is 35.9 Å². The summed E-state index contributed by atoms with van der Waals surface area (Å²) in [4.78, 5) is 2.61. The summed E-state index contributed by atoms with van der Waals surface area (Å²) in [7, 11) is 0. The van der Waals surface area contributed by atoms with Gasteiger partial charge in [-0.25, -0.2) is 0 Å².